The van der Waals surface area contributed by atoms with Crippen LogP contribution < -0.4 is 19.8 Å². The lowest BCUT2D eigenvalue weighted by Gasteiger charge is -2.24. The Morgan fingerprint density at radius 3 is 2.49 bits per heavy atom. The minimum atomic E-state index is -0.911. The number of carbonyl (C=O) groups excluding carboxylic acids is 2. The second-order valence-electron chi connectivity index (χ2n) is 9.55. The molecule has 2 aliphatic rings. The Labute approximate surface area is 243 Å². The number of esters is 1. The SMILES string of the molecule is CCOC(=O)C1=C(C)N=c2s/c(=C3/C(=O)N(Cc4ccccc4Cl)c4ccccc43)c(=O)n2[C@@H]1c1ccc(F)cc1. The number of para-hydroxylation sites is 1. The molecule has 10 heteroatoms. The fraction of sp³-hybridized carbons (Fsp3) is 0.161. The van der Waals surface area contributed by atoms with Crippen LogP contribution in [0.3, 0.4) is 0 Å². The molecule has 41 heavy (non-hydrogen) atoms. The topological polar surface area (TPSA) is 81.0 Å². The van der Waals surface area contributed by atoms with Crippen LogP contribution in [-0.4, -0.2) is 23.1 Å². The maximum absolute atomic E-state index is 14.2. The molecule has 1 amide bonds. The number of rotatable bonds is 5. The first-order valence-corrected chi connectivity index (χ1v) is 14.1. The van der Waals surface area contributed by atoms with Crippen LogP contribution in [0.5, 0.6) is 0 Å². The molecule has 4 aromatic rings. The third-order valence-corrected chi connectivity index (χ3v) is 8.54. The fourth-order valence-electron chi connectivity index (χ4n) is 5.26. The van der Waals surface area contributed by atoms with Crippen LogP contribution >= 0.6 is 22.9 Å². The second-order valence-corrected chi connectivity index (χ2v) is 10.9. The first-order chi connectivity index (χ1) is 19.8. The molecule has 0 aliphatic carbocycles. The van der Waals surface area contributed by atoms with Gasteiger partial charge < -0.3 is 9.64 Å². The van der Waals surface area contributed by atoms with Crippen molar-refractivity contribution in [2.75, 3.05) is 11.5 Å². The second kappa shape index (κ2) is 10.6. The zero-order valence-electron chi connectivity index (χ0n) is 22.1. The fourth-order valence-corrected chi connectivity index (χ4v) is 6.59. The van der Waals surface area contributed by atoms with Gasteiger partial charge in [-0.1, -0.05) is 71.5 Å². The van der Waals surface area contributed by atoms with Crippen LogP contribution in [-0.2, 0) is 20.9 Å². The average Bonchev–Trinajstić information content (AvgIpc) is 3.42. The van der Waals surface area contributed by atoms with E-state index in [-0.39, 0.29) is 34.7 Å². The Morgan fingerprint density at radius 1 is 1.05 bits per heavy atom. The van der Waals surface area contributed by atoms with Crippen molar-refractivity contribution in [1.82, 2.24) is 4.57 Å². The molecule has 0 saturated carbocycles. The quantitative estimate of drug-likeness (QED) is 0.322. The van der Waals surface area contributed by atoms with Crippen molar-refractivity contribution in [2.45, 2.75) is 26.4 Å². The minimum Gasteiger partial charge on any atom is -0.463 e. The number of benzene rings is 3. The summed E-state index contributed by atoms with van der Waals surface area (Å²) >= 11 is 7.49. The molecule has 0 unspecified atom stereocenters. The van der Waals surface area contributed by atoms with Gasteiger partial charge in [0.05, 0.1) is 41.7 Å². The van der Waals surface area contributed by atoms with Gasteiger partial charge >= 0.3 is 5.97 Å². The van der Waals surface area contributed by atoms with Crippen molar-refractivity contribution in [2.24, 2.45) is 4.99 Å². The number of carbonyl (C=O) groups is 2. The van der Waals surface area contributed by atoms with E-state index in [2.05, 4.69) is 4.99 Å². The van der Waals surface area contributed by atoms with E-state index < -0.39 is 23.4 Å². The summed E-state index contributed by atoms with van der Waals surface area (Å²) in [7, 11) is 0. The maximum Gasteiger partial charge on any atom is 0.338 e. The molecular formula is C31H23ClFN3O4S. The lowest BCUT2D eigenvalue weighted by atomic mass is 9.96. The van der Waals surface area contributed by atoms with Crippen molar-refractivity contribution in [3.8, 4) is 0 Å². The minimum absolute atomic E-state index is 0.132. The third-order valence-electron chi connectivity index (χ3n) is 7.11. The number of hydrogen-bond donors (Lipinski definition) is 0. The van der Waals surface area contributed by atoms with Crippen molar-refractivity contribution >= 4 is 46.1 Å². The van der Waals surface area contributed by atoms with Crippen molar-refractivity contribution in [3.05, 3.63) is 131 Å². The standard InChI is InChI=1S/C31H23ClFN3O4S/c1-3-40-30(39)24-17(2)34-31-36(26(24)18-12-14-20(33)15-13-18)29(38)27(41-31)25-21-9-5-7-11-23(21)35(28(25)37)16-19-8-4-6-10-22(19)32/h4-15,26H,3,16H2,1-2H3/b27-25+/t26-/m1/s1. The highest BCUT2D eigenvalue weighted by Gasteiger charge is 2.37. The molecule has 0 saturated heterocycles. The van der Waals surface area contributed by atoms with Crippen LogP contribution in [0, 0.1) is 5.82 Å². The predicted octanol–water partition coefficient (Wildman–Crippen LogP) is 4.51. The van der Waals surface area contributed by atoms with Crippen LogP contribution in [0.4, 0.5) is 10.1 Å². The summed E-state index contributed by atoms with van der Waals surface area (Å²) in [6, 6.07) is 19.3. The first-order valence-electron chi connectivity index (χ1n) is 12.9. The monoisotopic (exact) mass is 587 g/mol. The summed E-state index contributed by atoms with van der Waals surface area (Å²) in [5.41, 5.74) is 2.91. The third kappa shape index (κ3) is 4.51. The van der Waals surface area contributed by atoms with Crippen LogP contribution in [0.25, 0.3) is 5.57 Å². The normalized spacial score (nSPS) is 17.3. The zero-order chi connectivity index (χ0) is 28.8. The van der Waals surface area contributed by atoms with E-state index in [0.717, 1.165) is 16.9 Å². The van der Waals surface area contributed by atoms with Gasteiger partial charge in [-0.3, -0.25) is 14.2 Å². The van der Waals surface area contributed by atoms with E-state index in [1.807, 2.05) is 36.4 Å². The van der Waals surface area contributed by atoms with Crippen molar-refractivity contribution < 1.29 is 18.7 Å². The van der Waals surface area contributed by atoms with Gasteiger partial charge in [0.15, 0.2) is 4.80 Å². The van der Waals surface area contributed by atoms with E-state index in [0.29, 0.717) is 32.3 Å². The highest BCUT2D eigenvalue weighted by Crippen LogP contribution is 2.37. The number of amides is 1. The summed E-state index contributed by atoms with van der Waals surface area (Å²) in [5, 5.41) is 0.534. The number of allylic oxidation sites excluding steroid dienone is 1. The lowest BCUT2D eigenvalue weighted by Crippen LogP contribution is -2.41. The number of anilines is 1. The number of halogens is 2. The van der Waals surface area contributed by atoms with Crippen molar-refractivity contribution in [3.63, 3.8) is 0 Å². The lowest BCUT2D eigenvalue weighted by molar-refractivity contribution is -0.139. The Kier molecular flexibility index (Phi) is 6.93. The Morgan fingerprint density at radius 2 is 1.76 bits per heavy atom. The number of hydrogen-bond acceptors (Lipinski definition) is 6. The summed E-state index contributed by atoms with van der Waals surface area (Å²) in [6.07, 6.45) is 0. The number of thiazole rings is 1. The van der Waals surface area contributed by atoms with Gasteiger partial charge in [0.25, 0.3) is 11.5 Å². The molecule has 0 bridgehead atoms. The van der Waals surface area contributed by atoms with Crippen molar-refractivity contribution in [1.29, 1.82) is 0 Å². The molecule has 0 radical (unpaired) electrons. The molecule has 1 atom stereocenters. The number of ether oxygens (including phenoxy) is 1. The molecule has 0 N–H and O–H groups in total. The highest BCUT2D eigenvalue weighted by atomic mass is 35.5. The summed E-state index contributed by atoms with van der Waals surface area (Å²) in [4.78, 5) is 47.8. The Bertz CT molecular complexity index is 1940. The van der Waals surface area contributed by atoms with Crippen LogP contribution in [0.2, 0.25) is 5.02 Å². The maximum atomic E-state index is 14.2. The van der Waals surface area contributed by atoms with E-state index in [4.69, 9.17) is 16.3 Å². The number of fused-ring (bicyclic) bond motifs is 2. The van der Waals surface area contributed by atoms with E-state index in [9.17, 15) is 18.8 Å². The summed E-state index contributed by atoms with van der Waals surface area (Å²) in [6.45, 7) is 3.72. The summed E-state index contributed by atoms with van der Waals surface area (Å²) < 4.78 is 20.8. The highest BCUT2D eigenvalue weighted by molar-refractivity contribution is 7.07. The van der Waals surface area contributed by atoms with Gasteiger partial charge in [0.2, 0.25) is 0 Å². The van der Waals surface area contributed by atoms with Gasteiger partial charge in [0, 0.05) is 10.6 Å². The molecule has 3 heterocycles. The smallest absolute Gasteiger partial charge is 0.338 e. The molecule has 7 nitrogen and oxygen atoms in total. The van der Waals surface area contributed by atoms with Gasteiger partial charge in [0.1, 0.15) is 10.3 Å². The molecule has 0 spiro atoms. The molecule has 2 aliphatic heterocycles. The molecule has 1 aromatic heterocycles. The molecule has 0 fully saturated rings. The predicted molar refractivity (Wildman–Crippen MR) is 155 cm³/mol. The zero-order valence-corrected chi connectivity index (χ0v) is 23.6. The van der Waals surface area contributed by atoms with Gasteiger partial charge in [-0.25, -0.2) is 14.2 Å². The van der Waals surface area contributed by atoms with Gasteiger partial charge in [-0.05, 0) is 49.2 Å². The van der Waals surface area contributed by atoms with Gasteiger partial charge in [-0.2, -0.15) is 0 Å². The molecule has 6 rings (SSSR count). The largest absolute Gasteiger partial charge is 0.463 e. The number of nitrogens with zero attached hydrogens (tertiary/aromatic N) is 3. The first kappa shape index (κ1) is 26.9. The Balaban J connectivity index is 1.58. The van der Waals surface area contributed by atoms with Crippen LogP contribution in [0.15, 0.2) is 93.9 Å². The van der Waals surface area contributed by atoms with E-state index >= 15 is 0 Å². The Hall–Kier alpha value is -4.34. The van der Waals surface area contributed by atoms with E-state index in [1.165, 1.54) is 28.8 Å². The molecular weight excluding hydrogens is 565 g/mol. The molecule has 3 aromatic carbocycles. The molecule has 206 valence electrons. The number of aromatic nitrogens is 1. The van der Waals surface area contributed by atoms with E-state index in [1.54, 1.807) is 30.9 Å². The average molecular weight is 588 g/mol. The van der Waals surface area contributed by atoms with Gasteiger partial charge in [-0.15, -0.1) is 0 Å². The summed E-state index contributed by atoms with van der Waals surface area (Å²) in [5.74, 6) is -1.40. The van der Waals surface area contributed by atoms with Crippen LogP contribution in [0.1, 0.15) is 36.6 Å².